The first kappa shape index (κ1) is 11.8. The summed E-state index contributed by atoms with van der Waals surface area (Å²) >= 11 is 0. The average Bonchev–Trinajstić information content (AvgIpc) is 2.21. The van der Waals surface area contributed by atoms with Crippen LogP contribution in [0.4, 0.5) is 25.0 Å². The maximum Gasteiger partial charge on any atom is 0.411 e. The minimum atomic E-state index is -1.32. The van der Waals surface area contributed by atoms with Crippen LogP contribution in [0.3, 0.4) is 0 Å². The van der Waals surface area contributed by atoms with Gasteiger partial charge in [0.05, 0.1) is 17.7 Å². The molecule has 0 aromatic heterocycles. The van der Waals surface area contributed by atoms with E-state index in [-0.39, 0.29) is 0 Å². The predicted molar refractivity (Wildman–Crippen MR) is 49.0 cm³/mol. The number of halogens is 2. The number of ether oxygens (including phenoxy) is 1. The van der Waals surface area contributed by atoms with E-state index in [0.717, 1.165) is 7.11 Å². The second kappa shape index (κ2) is 4.51. The maximum absolute atomic E-state index is 13.1. The van der Waals surface area contributed by atoms with E-state index in [9.17, 15) is 23.7 Å². The largest absolute Gasteiger partial charge is 0.453 e. The number of hydrogen-bond donors (Lipinski definition) is 1. The molecule has 1 N–H and O–H groups in total. The lowest BCUT2D eigenvalue weighted by Gasteiger charge is -2.04. The molecule has 0 unspecified atom stereocenters. The Morgan fingerprint density at radius 1 is 1.44 bits per heavy atom. The molecule has 0 radical (unpaired) electrons. The fourth-order valence-electron chi connectivity index (χ4n) is 0.934. The predicted octanol–water partition coefficient (Wildman–Crippen LogP) is 2.05. The lowest BCUT2D eigenvalue weighted by atomic mass is 10.2. The van der Waals surface area contributed by atoms with Crippen molar-refractivity contribution < 1.29 is 23.2 Å². The second-order valence-electron chi connectivity index (χ2n) is 2.66. The smallest absolute Gasteiger partial charge is 0.411 e. The third kappa shape index (κ3) is 2.41. The number of nitrogens with one attached hydrogen (secondary N) is 1. The van der Waals surface area contributed by atoms with Crippen molar-refractivity contribution in [1.29, 1.82) is 0 Å². The van der Waals surface area contributed by atoms with E-state index in [1.165, 1.54) is 0 Å². The molecule has 0 heterocycles. The zero-order valence-corrected chi connectivity index (χ0v) is 7.99. The van der Waals surface area contributed by atoms with Crippen molar-refractivity contribution in [3.63, 3.8) is 0 Å². The Kier molecular flexibility index (Phi) is 3.33. The highest BCUT2D eigenvalue weighted by Crippen LogP contribution is 2.25. The first-order valence-electron chi connectivity index (χ1n) is 3.94. The maximum atomic E-state index is 13.1. The zero-order chi connectivity index (χ0) is 12.3. The Morgan fingerprint density at radius 3 is 2.56 bits per heavy atom. The monoisotopic (exact) mass is 232 g/mol. The highest BCUT2D eigenvalue weighted by Gasteiger charge is 2.19. The molecule has 16 heavy (non-hydrogen) atoms. The molecule has 8 heteroatoms. The van der Waals surface area contributed by atoms with Gasteiger partial charge in [0.15, 0.2) is 0 Å². The van der Waals surface area contributed by atoms with Crippen molar-refractivity contribution >= 4 is 17.5 Å². The molecule has 0 aliphatic rings. The minimum absolute atomic E-state index is 0.309. The summed E-state index contributed by atoms with van der Waals surface area (Å²) in [6.07, 6.45) is -1.01. The molecule has 6 nitrogen and oxygen atoms in total. The molecular formula is C8H6F2N2O4. The van der Waals surface area contributed by atoms with Crippen LogP contribution in [0.15, 0.2) is 12.1 Å². The number of nitro benzene ring substituents is 1. The molecule has 0 aliphatic carbocycles. The van der Waals surface area contributed by atoms with Gasteiger partial charge in [-0.3, -0.25) is 15.4 Å². The number of hydrogen-bond acceptors (Lipinski definition) is 4. The van der Waals surface area contributed by atoms with Crippen molar-refractivity contribution in [2.75, 3.05) is 12.4 Å². The molecule has 1 aromatic rings. The molecule has 0 saturated carbocycles. The van der Waals surface area contributed by atoms with Crippen LogP contribution in [0.5, 0.6) is 0 Å². The number of methoxy groups -OCH3 is 1. The number of rotatable bonds is 2. The van der Waals surface area contributed by atoms with Crippen LogP contribution >= 0.6 is 0 Å². The molecular weight excluding hydrogens is 226 g/mol. The molecule has 1 aromatic carbocycles. The second-order valence-corrected chi connectivity index (χ2v) is 2.66. The lowest BCUT2D eigenvalue weighted by Crippen LogP contribution is -2.12. The summed E-state index contributed by atoms with van der Waals surface area (Å²) in [7, 11) is 1.03. The summed E-state index contributed by atoms with van der Waals surface area (Å²) in [4.78, 5) is 20.0. The summed E-state index contributed by atoms with van der Waals surface area (Å²) in [6.45, 7) is 0. The first-order chi connectivity index (χ1) is 7.45. The van der Waals surface area contributed by atoms with Gasteiger partial charge < -0.3 is 4.74 Å². The van der Waals surface area contributed by atoms with Crippen molar-refractivity contribution in [3.8, 4) is 0 Å². The van der Waals surface area contributed by atoms with Crippen LogP contribution in [0.25, 0.3) is 0 Å². The number of nitrogens with zero attached hydrogens (tertiary/aromatic N) is 1. The van der Waals surface area contributed by atoms with Crippen molar-refractivity contribution in [1.82, 2.24) is 0 Å². The number of amides is 1. The highest BCUT2D eigenvalue weighted by molar-refractivity contribution is 5.85. The highest BCUT2D eigenvalue weighted by atomic mass is 19.1. The molecule has 0 saturated heterocycles. The van der Waals surface area contributed by atoms with E-state index < -0.39 is 34.0 Å². The molecule has 0 atom stereocenters. The van der Waals surface area contributed by atoms with Gasteiger partial charge >= 0.3 is 11.8 Å². The normalized spacial score (nSPS) is 9.69. The van der Waals surface area contributed by atoms with Crippen LogP contribution in [0, 0.1) is 21.7 Å². The number of carbonyl (C=O) groups excluding carboxylic acids is 1. The Morgan fingerprint density at radius 2 is 2.06 bits per heavy atom. The molecule has 0 aliphatic heterocycles. The molecule has 0 fully saturated rings. The van der Waals surface area contributed by atoms with Crippen LogP contribution in [0.2, 0.25) is 0 Å². The molecule has 1 amide bonds. The van der Waals surface area contributed by atoms with Gasteiger partial charge in [-0.2, -0.15) is 4.39 Å². The van der Waals surface area contributed by atoms with E-state index in [0.29, 0.717) is 12.1 Å². The van der Waals surface area contributed by atoms with Crippen molar-refractivity contribution in [2.45, 2.75) is 0 Å². The topological polar surface area (TPSA) is 81.5 Å². The summed E-state index contributed by atoms with van der Waals surface area (Å²) in [5.41, 5.74) is -1.47. The summed E-state index contributed by atoms with van der Waals surface area (Å²) in [5.74, 6) is -2.45. The van der Waals surface area contributed by atoms with Gasteiger partial charge in [-0.05, 0) is 0 Å². The van der Waals surface area contributed by atoms with Gasteiger partial charge in [0.25, 0.3) is 0 Å². The lowest BCUT2D eigenvalue weighted by molar-refractivity contribution is -0.387. The fourth-order valence-corrected chi connectivity index (χ4v) is 0.934. The molecule has 0 spiro atoms. The van der Waals surface area contributed by atoms with Gasteiger partial charge in [-0.25, -0.2) is 9.18 Å². The van der Waals surface area contributed by atoms with Gasteiger partial charge in [0.1, 0.15) is 5.82 Å². The number of anilines is 1. The van der Waals surface area contributed by atoms with E-state index in [4.69, 9.17) is 0 Å². The van der Waals surface area contributed by atoms with Gasteiger partial charge in [0.2, 0.25) is 5.82 Å². The van der Waals surface area contributed by atoms with Crippen LogP contribution in [-0.4, -0.2) is 18.1 Å². The minimum Gasteiger partial charge on any atom is -0.453 e. The zero-order valence-electron chi connectivity index (χ0n) is 7.99. The number of carbonyl (C=O) groups is 1. The summed E-state index contributed by atoms with van der Waals surface area (Å²) < 4.78 is 30.1. The Bertz CT molecular complexity index is 450. The Balaban J connectivity index is 3.14. The summed E-state index contributed by atoms with van der Waals surface area (Å²) in [6, 6.07) is 0.880. The quantitative estimate of drug-likeness (QED) is 0.624. The van der Waals surface area contributed by atoms with E-state index in [2.05, 4.69) is 4.74 Å². The van der Waals surface area contributed by atoms with Crippen LogP contribution in [0.1, 0.15) is 0 Å². The molecule has 1 rings (SSSR count). The van der Waals surface area contributed by atoms with Crippen LogP contribution < -0.4 is 5.32 Å². The fraction of sp³-hybridized carbons (Fsp3) is 0.125. The van der Waals surface area contributed by atoms with Crippen molar-refractivity contribution in [2.24, 2.45) is 0 Å². The van der Waals surface area contributed by atoms with E-state index in [1.807, 2.05) is 5.32 Å². The van der Waals surface area contributed by atoms with E-state index >= 15 is 0 Å². The average molecular weight is 232 g/mol. The molecule has 86 valence electrons. The summed E-state index contributed by atoms with van der Waals surface area (Å²) in [5, 5.41) is 12.2. The Hall–Kier alpha value is -2.25. The Labute approximate surface area is 88.0 Å². The van der Waals surface area contributed by atoms with Gasteiger partial charge in [-0.15, -0.1) is 0 Å². The van der Waals surface area contributed by atoms with Gasteiger partial charge in [0, 0.05) is 12.1 Å². The van der Waals surface area contributed by atoms with Crippen molar-refractivity contribution in [3.05, 3.63) is 33.9 Å². The SMILES string of the molecule is COC(=O)Nc1cc([N+](=O)[O-])c(F)cc1F. The number of benzene rings is 1. The third-order valence-electron chi connectivity index (χ3n) is 1.66. The first-order valence-corrected chi connectivity index (χ1v) is 3.94. The standard InChI is InChI=1S/C8H6F2N2O4/c1-16-8(13)11-6-3-7(12(14)15)5(10)2-4(6)9/h2-3H,1H3,(H,11,13). The van der Waals surface area contributed by atoms with Crippen LogP contribution in [-0.2, 0) is 4.74 Å². The van der Waals surface area contributed by atoms with Gasteiger partial charge in [-0.1, -0.05) is 0 Å². The third-order valence-corrected chi connectivity index (χ3v) is 1.66. The van der Waals surface area contributed by atoms with E-state index in [1.54, 1.807) is 0 Å². The molecule has 0 bridgehead atoms. The number of nitro groups is 1.